The average Bonchev–Trinajstić information content (AvgIpc) is 2.95. The summed E-state index contributed by atoms with van der Waals surface area (Å²) < 4.78 is 1.33. The largest absolute Gasteiger partial charge is 0.478 e. The van der Waals surface area contributed by atoms with Crippen LogP contribution in [-0.4, -0.2) is 42.9 Å². The molecule has 0 unspecified atom stereocenters. The molecule has 0 fully saturated rings. The predicted octanol–water partition coefficient (Wildman–Crippen LogP) is 0.872. The number of aromatic nitrogens is 5. The molecule has 0 saturated heterocycles. The average molecular weight is 284 g/mol. The SMILES string of the molecule is O=C(O)c1ccccc1CCNc1ccc2nnnn2n1. The molecule has 0 aliphatic rings. The van der Waals surface area contributed by atoms with Gasteiger partial charge >= 0.3 is 5.97 Å². The Morgan fingerprint density at radius 1 is 1.24 bits per heavy atom. The lowest BCUT2D eigenvalue weighted by Crippen LogP contribution is -2.11. The molecule has 3 aromatic rings. The van der Waals surface area contributed by atoms with E-state index in [1.165, 1.54) is 4.63 Å². The zero-order chi connectivity index (χ0) is 14.7. The maximum Gasteiger partial charge on any atom is 0.335 e. The second-order valence-corrected chi connectivity index (χ2v) is 4.38. The van der Waals surface area contributed by atoms with Gasteiger partial charge in [-0.25, -0.2) is 4.79 Å². The van der Waals surface area contributed by atoms with Crippen LogP contribution in [0.2, 0.25) is 0 Å². The van der Waals surface area contributed by atoms with Crippen LogP contribution in [0.15, 0.2) is 36.4 Å². The van der Waals surface area contributed by atoms with Crippen molar-refractivity contribution in [3.05, 3.63) is 47.5 Å². The van der Waals surface area contributed by atoms with Gasteiger partial charge in [0.2, 0.25) is 0 Å². The van der Waals surface area contributed by atoms with Crippen LogP contribution in [-0.2, 0) is 6.42 Å². The van der Waals surface area contributed by atoms with Crippen molar-refractivity contribution in [2.24, 2.45) is 0 Å². The summed E-state index contributed by atoms with van der Waals surface area (Å²) in [7, 11) is 0. The normalized spacial score (nSPS) is 10.7. The third-order valence-electron chi connectivity index (χ3n) is 3.02. The number of carboxylic acids is 1. The van der Waals surface area contributed by atoms with Crippen LogP contribution in [0.4, 0.5) is 5.82 Å². The fraction of sp³-hybridized carbons (Fsp3) is 0.154. The van der Waals surface area contributed by atoms with Gasteiger partial charge in [-0.3, -0.25) is 0 Å². The molecule has 0 amide bonds. The Kier molecular flexibility index (Phi) is 3.42. The van der Waals surface area contributed by atoms with Gasteiger partial charge in [-0.2, -0.15) is 0 Å². The highest BCUT2D eigenvalue weighted by molar-refractivity contribution is 5.89. The summed E-state index contributed by atoms with van der Waals surface area (Å²) in [4.78, 5) is 11.1. The molecule has 0 aliphatic carbocycles. The number of benzene rings is 1. The summed E-state index contributed by atoms with van der Waals surface area (Å²) in [6.07, 6.45) is 0.581. The van der Waals surface area contributed by atoms with Crippen molar-refractivity contribution in [2.45, 2.75) is 6.42 Å². The highest BCUT2D eigenvalue weighted by atomic mass is 16.4. The minimum atomic E-state index is -0.918. The van der Waals surface area contributed by atoms with Gasteiger partial charge in [0.05, 0.1) is 5.56 Å². The van der Waals surface area contributed by atoms with E-state index in [1.54, 1.807) is 24.3 Å². The van der Waals surface area contributed by atoms with Crippen LogP contribution < -0.4 is 5.32 Å². The summed E-state index contributed by atoms with van der Waals surface area (Å²) in [6, 6.07) is 10.5. The number of fused-ring (bicyclic) bond motifs is 1. The minimum Gasteiger partial charge on any atom is -0.478 e. The van der Waals surface area contributed by atoms with E-state index in [4.69, 9.17) is 5.11 Å². The number of tetrazole rings is 1. The highest BCUT2D eigenvalue weighted by Crippen LogP contribution is 2.10. The molecule has 0 saturated carbocycles. The molecule has 0 bridgehead atoms. The van der Waals surface area contributed by atoms with Crippen molar-refractivity contribution in [1.82, 2.24) is 25.3 Å². The first-order valence-electron chi connectivity index (χ1n) is 6.34. The van der Waals surface area contributed by atoms with E-state index >= 15 is 0 Å². The van der Waals surface area contributed by atoms with E-state index in [0.717, 1.165) is 5.56 Å². The predicted molar refractivity (Wildman–Crippen MR) is 74.2 cm³/mol. The molecule has 3 rings (SSSR count). The van der Waals surface area contributed by atoms with Gasteiger partial charge in [0.25, 0.3) is 0 Å². The summed E-state index contributed by atoms with van der Waals surface area (Å²) in [5.41, 5.74) is 1.67. The van der Waals surface area contributed by atoms with Gasteiger partial charge in [-0.15, -0.1) is 14.8 Å². The maximum absolute atomic E-state index is 11.1. The van der Waals surface area contributed by atoms with Crippen LogP contribution in [0.5, 0.6) is 0 Å². The van der Waals surface area contributed by atoms with Crippen molar-refractivity contribution in [2.75, 3.05) is 11.9 Å². The quantitative estimate of drug-likeness (QED) is 0.716. The van der Waals surface area contributed by atoms with Crippen molar-refractivity contribution in [1.29, 1.82) is 0 Å². The van der Waals surface area contributed by atoms with Crippen molar-refractivity contribution < 1.29 is 9.90 Å². The number of nitrogens with zero attached hydrogens (tertiary/aromatic N) is 5. The molecule has 8 heteroatoms. The fourth-order valence-corrected chi connectivity index (χ4v) is 2.02. The molecule has 21 heavy (non-hydrogen) atoms. The molecule has 106 valence electrons. The lowest BCUT2D eigenvalue weighted by atomic mass is 10.0. The summed E-state index contributed by atoms with van der Waals surface area (Å²) in [5, 5.41) is 27.4. The Hall–Kier alpha value is -3.03. The minimum absolute atomic E-state index is 0.322. The van der Waals surface area contributed by atoms with Crippen LogP contribution in [0.25, 0.3) is 5.65 Å². The van der Waals surface area contributed by atoms with Gasteiger partial charge in [-0.1, -0.05) is 18.2 Å². The van der Waals surface area contributed by atoms with Gasteiger partial charge in [0, 0.05) is 6.54 Å². The molecule has 8 nitrogen and oxygen atoms in total. The Balaban J connectivity index is 1.67. The molecule has 2 aromatic heterocycles. The number of hydrogen-bond acceptors (Lipinski definition) is 6. The molecule has 0 aliphatic heterocycles. The number of rotatable bonds is 5. The van der Waals surface area contributed by atoms with Crippen molar-refractivity contribution >= 4 is 17.4 Å². The number of carboxylic acid groups (broad SMARTS) is 1. The molecular formula is C13H12N6O2. The van der Waals surface area contributed by atoms with Gasteiger partial charge in [0.1, 0.15) is 5.82 Å². The first kappa shape index (κ1) is 13.0. The van der Waals surface area contributed by atoms with E-state index in [0.29, 0.717) is 30.0 Å². The van der Waals surface area contributed by atoms with Crippen LogP contribution >= 0.6 is 0 Å². The van der Waals surface area contributed by atoms with E-state index in [-0.39, 0.29) is 0 Å². The second kappa shape index (κ2) is 5.53. The molecule has 0 radical (unpaired) electrons. The molecule has 2 heterocycles. The Morgan fingerprint density at radius 3 is 2.95 bits per heavy atom. The van der Waals surface area contributed by atoms with Crippen LogP contribution in [0, 0.1) is 0 Å². The molecule has 1 aromatic carbocycles. The number of hydrogen-bond donors (Lipinski definition) is 2. The van der Waals surface area contributed by atoms with E-state index < -0.39 is 5.97 Å². The third kappa shape index (κ3) is 2.78. The first-order chi connectivity index (χ1) is 10.2. The van der Waals surface area contributed by atoms with Crippen molar-refractivity contribution in [3.63, 3.8) is 0 Å². The van der Waals surface area contributed by atoms with E-state index in [9.17, 15) is 4.79 Å². The number of aromatic carboxylic acids is 1. The Bertz CT molecular complexity index is 785. The molecular weight excluding hydrogens is 272 g/mol. The fourth-order valence-electron chi connectivity index (χ4n) is 2.02. The van der Waals surface area contributed by atoms with E-state index in [1.807, 2.05) is 12.1 Å². The Morgan fingerprint density at radius 2 is 2.10 bits per heavy atom. The monoisotopic (exact) mass is 284 g/mol. The number of carbonyl (C=O) groups is 1. The zero-order valence-electron chi connectivity index (χ0n) is 11.0. The third-order valence-corrected chi connectivity index (χ3v) is 3.02. The number of anilines is 1. The molecule has 2 N–H and O–H groups in total. The van der Waals surface area contributed by atoms with Gasteiger partial charge in [-0.05, 0) is 40.6 Å². The van der Waals surface area contributed by atoms with Crippen molar-refractivity contribution in [3.8, 4) is 0 Å². The maximum atomic E-state index is 11.1. The highest BCUT2D eigenvalue weighted by Gasteiger charge is 2.08. The molecule has 0 atom stereocenters. The lowest BCUT2D eigenvalue weighted by Gasteiger charge is -2.07. The van der Waals surface area contributed by atoms with E-state index in [2.05, 4.69) is 25.9 Å². The van der Waals surface area contributed by atoms with Crippen LogP contribution in [0.3, 0.4) is 0 Å². The summed E-state index contributed by atoms with van der Waals surface area (Å²) >= 11 is 0. The van der Waals surface area contributed by atoms with Crippen LogP contribution in [0.1, 0.15) is 15.9 Å². The molecule has 0 spiro atoms. The first-order valence-corrected chi connectivity index (χ1v) is 6.34. The second-order valence-electron chi connectivity index (χ2n) is 4.38. The van der Waals surface area contributed by atoms with Gasteiger partial charge in [0.15, 0.2) is 5.65 Å². The van der Waals surface area contributed by atoms with Gasteiger partial charge < -0.3 is 10.4 Å². The smallest absolute Gasteiger partial charge is 0.335 e. The topological polar surface area (TPSA) is 105 Å². The summed E-state index contributed by atoms with van der Waals surface area (Å²) in [5.74, 6) is -0.290. The Labute approximate surface area is 119 Å². The lowest BCUT2D eigenvalue weighted by molar-refractivity contribution is 0.0695. The summed E-state index contributed by atoms with van der Waals surface area (Å²) in [6.45, 7) is 0.560. The number of nitrogens with one attached hydrogen (secondary N) is 1. The standard InChI is InChI=1S/C13H12N6O2/c20-13(21)10-4-2-1-3-9(10)7-8-14-11-5-6-12-15-17-18-19(12)16-11/h1-6H,7-8H2,(H,14,16)(H,20,21). The zero-order valence-corrected chi connectivity index (χ0v) is 11.0.